The summed E-state index contributed by atoms with van der Waals surface area (Å²) in [6.07, 6.45) is 6.86. The fourth-order valence-corrected chi connectivity index (χ4v) is 3.13. The fourth-order valence-electron chi connectivity index (χ4n) is 2.35. The number of nitrogens with two attached hydrogens (primary N) is 1. The van der Waals surface area contributed by atoms with E-state index < -0.39 is 0 Å². The summed E-state index contributed by atoms with van der Waals surface area (Å²) < 4.78 is 2.06. The van der Waals surface area contributed by atoms with Gasteiger partial charge in [0.15, 0.2) is 5.16 Å². The van der Waals surface area contributed by atoms with Crippen LogP contribution < -0.4 is 5.73 Å². The van der Waals surface area contributed by atoms with Crippen LogP contribution in [0.2, 0.25) is 0 Å². The Morgan fingerprint density at radius 3 is 2.78 bits per heavy atom. The van der Waals surface area contributed by atoms with Gasteiger partial charge in [0.2, 0.25) is 5.91 Å². The first-order chi connectivity index (χ1) is 11.2. The summed E-state index contributed by atoms with van der Waals surface area (Å²) >= 11 is 1.63. The molecule has 1 fully saturated rings. The number of carbonyl (C=O) groups is 1. The third-order valence-electron chi connectivity index (χ3n) is 3.69. The molecule has 6 heteroatoms. The van der Waals surface area contributed by atoms with Crippen LogP contribution in [0.4, 0.5) is 0 Å². The number of aromatic nitrogens is 3. The van der Waals surface area contributed by atoms with Gasteiger partial charge >= 0.3 is 0 Å². The molecule has 1 amide bonds. The molecule has 1 saturated carbocycles. The first-order valence-electron chi connectivity index (χ1n) is 7.80. The maximum atomic E-state index is 11.1. The first kappa shape index (κ1) is 15.8. The van der Waals surface area contributed by atoms with E-state index in [1.165, 1.54) is 5.56 Å². The Morgan fingerprint density at radius 2 is 2.09 bits per heavy atom. The van der Waals surface area contributed by atoms with Gasteiger partial charge in [0.1, 0.15) is 5.82 Å². The highest BCUT2D eigenvalue weighted by Crippen LogP contribution is 2.40. The number of primary amides is 1. The van der Waals surface area contributed by atoms with Crippen molar-refractivity contribution in [2.75, 3.05) is 5.75 Å². The molecule has 2 aromatic rings. The average Bonchev–Trinajstić information content (AvgIpc) is 3.32. The van der Waals surface area contributed by atoms with Crippen LogP contribution >= 0.6 is 11.8 Å². The number of hydrogen-bond acceptors (Lipinski definition) is 4. The van der Waals surface area contributed by atoms with E-state index >= 15 is 0 Å². The molecule has 5 nitrogen and oxygen atoms in total. The van der Waals surface area contributed by atoms with Crippen LogP contribution in [-0.2, 0) is 11.3 Å². The molecule has 3 rings (SSSR count). The highest BCUT2D eigenvalue weighted by molar-refractivity contribution is 7.99. The lowest BCUT2D eigenvalue weighted by molar-refractivity contribution is -0.118. The lowest BCUT2D eigenvalue weighted by Crippen LogP contribution is -2.15. The summed E-state index contributed by atoms with van der Waals surface area (Å²) in [4.78, 5) is 11.1. The Morgan fingerprint density at radius 1 is 1.30 bits per heavy atom. The predicted octanol–water partition coefficient (Wildman–Crippen LogP) is 2.84. The van der Waals surface area contributed by atoms with Crippen molar-refractivity contribution < 1.29 is 4.79 Å². The van der Waals surface area contributed by atoms with E-state index in [-0.39, 0.29) is 5.91 Å². The molecule has 0 saturated heterocycles. The molecule has 1 heterocycles. The Balaban J connectivity index is 1.62. The highest BCUT2D eigenvalue weighted by atomic mass is 32.2. The normalized spacial score (nSPS) is 14.4. The Labute approximate surface area is 140 Å². The lowest BCUT2D eigenvalue weighted by atomic mass is 10.2. The molecule has 120 valence electrons. The summed E-state index contributed by atoms with van der Waals surface area (Å²) in [6, 6.07) is 10.2. The second kappa shape index (κ2) is 7.46. The highest BCUT2D eigenvalue weighted by Gasteiger charge is 2.30. The minimum Gasteiger partial charge on any atom is -0.370 e. The third kappa shape index (κ3) is 4.45. The number of rotatable bonds is 8. The smallest absolute Gasteiger partial charge is 0.219 e. The average molecular weight is 328 g/mol. The second-order valence-corrected chi connectivity index (χ2v) is 6.59. The molecule has 1 aromatic carbocycles. The van der Waals surface area contributed by atoms with Gasteiger partial charge in [-0.1, -0.05) is 54.2 Å². The van der Waals surface area contributed by atoms with Gasteiger partial charge in [0, 0.05) is 24.6 Å². The maximum Gasteiger partial charge on any atom is 0.219 e. The molecule has 0 unspecified atom stereocenters. The quantitative estimate of drug-likeness (QED) is 0.756. The van der Waals surface area contributed by atoms with Gasteiger partial charge in [-0.05, 0) is 18.4 Å². The minimum absolute atomic E-state index is 0.291. The Kier molecular flexibility index (Phi) is 5.12. The van der Waals surface area contributed by atoms with Crippen molar-refractivity contribution in [2.24, 2.45) is 5.73 Å². The molecular weight excluding hydrogens is 308 g/mol. The number of thioether (sulfide) groups is 1. The largest absolute Gasteiger partial charge is 0.370 e. The number of hydrogen-bond donors (Lipinski definition) is 1. The van der Waals surface area contributed by atoms with Gasteiger partial charge in [0.25, 0.3) is 0 Å². The molecule has 0 bridgehead atoms. The third-order valence-corrected chi connectivity index (χ3v) is 4.61. The van der Waals surface area contributed by atoms with Gasteiger partial charge in [0.05, 0.1) is 0 Å². The number of nitrogens with zero attached hydrogens (tertiary/aromatic N) is 3. The predicted molar refractivity (Wildman–Crippen MR) is 92.0 cm³/mol. The summed E-state index contributed by atoms with van der Waals surface area (Å²) in [7, 11) is 0. The van der Waals surface area contributed by atoms with Gasteiger partial charge in [-0.3, -0.25) is 4.79 Å². The van der Waals surface area contributed by atoms with E-state index in [4.69, 9.17) is 5.73 Å². The molecule has 0 aliphatic heterocycles. The summed E-state index contributed by atoms with van der Waals surface area (Å²) in [5.74, 6) is 2.03. The summed E-state index contributed by atoms with van der Waals surface area (Å²) in [5.41, 5.74) is 6.46. The number of benzene rings is 1. The van der Waals surface area contributed by atoms with Crippen LogP contribution in [0.15, 0.2) is 41.6 Å². The topological polar surface area (TPSA) is 73.8 Å². The summed E-state index contributed by atoms with van der Waals surface area (Å²) in [6.45, 7) is 0.568. The molecule has 2 N–H and O–H groups in total. The van der Waals surface area contributed by atoms with E-state index in [2.05, 4.69) is 39.0 Å². The van der Waals surface area contributed by atoms with E-state index in [1.54, 1.807) is 11.8 Å². The van der Waals surface area contributed by atoms with Crippen molar-refractivity contribution in [1.29, 1.82) is 0 Å². The van der Waals surface area contributed by atoms with E-state index in [0.29, 0.717) is 18.9 Å². The van der Waals surface area contributed by atoms with Crippen molar-refractivity contribution in [2.45, 2.75) is 36.9 Å². The van der Waals surface area contributed by atoms with Crippen LogP contribution in [0.5, 0.6) is 0 Å². The maximum absolute atomic E-state index is 11.1. The molecule has 0 spiro atoms. The van der Waals surface area contributed by atoms with Crippen LogP contribution in [0, 0.1) is 0 Å². The van der Waals surface area contributed by atoms with Crippen LogP contribution in [-0.4, -0.2) is 26.4 Å². The van der Waals surface area contributed by atoms with Crippen LogP contribution in [0.3, 0.4) is 0 Å². The zero-order valence-corrected chi connectivity index (χ0v) is 13.7. The Hall–Kier alpha value is -2.08. The van der Waals surface area contributed by atoms with Crippen LogP contribution in [0.1, 0.15) is 36.6 Å². The molecular formula is C17H20N4OS. The van der Waals surface area contributed by atoms with Crippen LogP contribution in [0.25, 0.3) is 6.08 Å². The van der Waals surface area contributed by atoms with Crippen molar-refractivity contribution in [3.8, 4) is 0 Å². The number of amides is 1. The molecule has 1 aromatic heterocycles. The molecule has 0 radical (unpaired) electrons. The zero-order chi connectivity index (χ0) is 16.1. The fraction of sp³-hybridized carbons (Fsp3) is 0.353. The van der Waals surface area contributed by atoms with Crippen molar-refractivity contribution in [1.82, 2.24) is 14.8 Å². The van der Waals surface area contributed by atoms with E-state index in [1.807, 2.05) is 18.2 Å². The van der Waals surface area contributed by atoms with Gasteiger partial charge in [-0.25, -0.2) is 0 Å². The van der Waals surface area contributed by atoms with Crippen molar-refractivity contribution >= 4 is 23.7 Å². The number of carbonyl (C=O) groups excluding carboxylic acids is 1. The van der Waals surface area contributed by atoms with Crippen molar-refractivity contribution in [3.05, 3.63) is 47.8 Å². The molecule has 1 aliphatic rings. The zero-order valence-electron chi connectivity index (χ0n) is 12.9. The van der Waals surface area contributed by atoms with Gasteiger partial charge in [-0.2, -0.15) is 0 Å². The van der Waals surface area contributed by atoms with E-state index in [0.717, 1.165) is 29.6 Å². The molecule has 23 heavy (non-hydrogen) atoms. The monoisotopic (exact) mass is 328 g/mol. The summed E-state index contributed by atoms with van der Waals surface area (Å²) in [5, 5.41) is 9.47. The molecule has 1 aliphatic carbocycles. The van der Waals surface area contributed by atoms with Crippen molar-refractivity contribution in [3.63, 3.8) is 0 Å². The second-order valence-electron chi connectivity index (χ2n) is 5.61. The standard InChI is InChI=1S/C17H20N4OS/c18-15(22)10-11-21-16(14-8-9-14)19-20-17(21)23-12-4-7-13-5-2-1-3-6-13/h1-7,14H,8-12H2,(H2,18,22). The van der Waals surface area contributed by atoms with Gasteiger partial charge in [-0.15, -0.1) is 10.2 Å². The Bertz CT molecular complexity index is 692. The minimum atomic E-state index is -0.291. The SMILES string of the molecule is NC(=O)CCn1c(SCC=Cc2ccccc2)nnc1C1CC1. The first-order valence-corrected chi connectivity index (χ1v) is 8.78. The lowest BCUT2D eigenvalue weighted by Gasteiger charge is -2.07. The van der Waals surface area contributed by atoms with E-state index in [9.17, 15) is 4.79 Å². The van der Waals surface area contributed by atoms with Gasteiger partial charge < -0.3 is 10.3 Å². The molecule has 0 atom stereocenters.